The van der Waals surface area contributed by atoms with Crippen molar-refractivity contribution in [2.45, 2.75) is 33.1 Å². The number of carboxylic acid groups (broad SMARTS) is 1. The molecule has 1 N–H and O–H groups in total. The lowest BCUT2D eigenvalue weighted by Gasteiger charge is -2.09. The zero-order chi connectivity index (χ0) is 18.7. The van der Waals surface area contributed by atoms with Crippen molar-refractivity contribution < 1.29 is 9.90 Å². The maximum absolute atomic E-state index is 12.9. The third-order valence-corrected chi connectivity index (χ3v) is 5.11. The fourth-order valence-corrected chi connectivity index (χ4v) is 3.53. The molecule has 0 aliphatic rings. The summed E-state index contributed by atoms with van der Waals surface area (Å²) >= 11 is 1.68. The Labute approximate surface area is 155 Å². The molecule has 3 aromatic heterocycles. The SMILES string of the molecule is CCCCc1c(/C=C/c2ccc(C)s2)nc2ccc(C(=O)O)cn2c1=O. The smallest absolute Gasteiger partial charge is 0.337 e. The Balaban J connectivity index is 2.13. The highest BCUT2D eigenvalue weighted by Crippen LogP contribution is 2.19. The largest absolute Gasteiger partial charge is 0.478 e. The summed E-state index contributed by atoms with van der Waals surface area (Å²) in [7, 11) is 0. The van der Waals surface area contributed by atoms with E-state index in [1.807, 2.05) is 18.2 Å². The van der Waals surface area contributed by atoms with Crippen LogP contribution in [0.2, 0.25) is 0 Å². The van der Waals surface area contributed by atoms with E-state index >= 15 is 0 Å². The minimum atomic E-state index is -1.06. The number of aromatic nitrogens is 2. The average molecular weight is 368 g/mol. The summed E-state index contributed by atoms with van der Waals surface area (Å²) in [6, 6.07) is 7.13. The van der Waals surface area contributed by atoms with Crippen molar-refractivity contribution >= 4 is 35.1 Å². The van der Waals surface area contributed by atoms with Crippen LogP contribution in [0.5, 0.6) is 0 Å². The molecule has 6 heteroatoms. The normalized spacial score (nSPS) is 11.5. The van der Waals surface area contributed by atoms with Gasteiger partial charge >= 0.3 is 5.97 Å². The van der Waals surface area contributed by atoms with Gasteiger partial charge < -0.3 is 5.11 Å². The van der Waals surface area contributed by atoms with Crippen LogP contribution in [-0.4, -0.2) is 20.5 Å². The molecule has 0 spiro atoms. The highest BCUT2D eigenvalue weighted by Gasteiger charge is 2.13. The first kappa shape index (κ1) is 18.1. The van der Waals surface area contributed by atoms with Gasteiger partial charge in [0.25, 0.3) is 5.56 Å². The fraction of sp³-hybridized carbons (Fsp3) is 0.250. The van der Waals surface area contributed by atoms with Crippen LogP contribution in [0.25, 0.3) is 17.8 Å². The van der Waals surface area contributed by atoms with Gasteiger partial charge in [-0.2, -0.15) is 0 Å². The van der Waals surface area contributed by atoms with Gasteiger partial charge in [0.2, 0.25) is 0 Å². The van der Waals surface area contributed by atoms with Gasteiger partial charge in [-0.25, -0.2) is 9.78 Å². The number of nitrogens with zero attached hydrogens (tertiary/aromatic N) is 2. The van der Waals surface area contributed by atoms with Gasteiger partial charge in [-0.1, -0.05) is 13.3 Å². The average Bonchev–Trinajstić information content (AvgIpc) is 3.04. The maximum atomic E-state index is 12.9. The second-order valence-corrected chi connectivity index (χ2v) is 7.44. The Kier molecular flexibility index (Phi) is 5.32. The Morgan fingerprint density at radius 2 is 2.08 bits per heavy atom. The van der Waals surface area contributed by atoms with E-state index in [-0.39, 0.29) is 11.1 Å². The van der Waals surface area contributed by atoms with Crippen LogP contribution in [-0.2, 0) is 6.42 Å². The molecule has 0 aliphatic heterocycles. The molecule has 0 amide bonds. The van der Waals surface area contributed by atoms with Crippen molar-refractivity contribution in [2.24, 2.45) is 0 Å². The highest BCUT2D eigenvalue weighted by atomic mass is 32.1. The van der Waals surface area contributed by atoms with Crippen LogP contribution in [0, 0.1) is 6.92 Å². The zero-order valence-corrected chi connectivity index (χ0v) is 15.5. The number of carbonyl (C=O) groups is 1. The molecule has 0 fully saturated rings. The van der Waals surface area contributed by atoms with Gasteiger partial charge in [-0.05, 0) is 56.2 Å². The number of hydrogen-bond acceptors (Lipinski definition) is 4. The molecule has 3 heterocycles. The molecule has 0 atom stereocenters. The van der Waals surface area contributed by atoms with Crippen LogP contribution in [0.3, 0.4) is 0 Å². The number of aromatic carboxylic acids is 1. The predicted molar refractivity (Wildman–Crippen MR) is 105 cm³/mol. The van der Waals surface area contributed by atoms with Crippen LogP contribution in [0.1, 0.15) is 51.1 Å². The van der Waals surface area contributed by atoms with Crippen molar-refractivity contribution in [3.63, 3.8) is 0 Å². The van der Waals surface area contributed by atoms with Gasteiger partial charge in [0.05, 0.1) is 11.3 Å². The van der Waals surface area contributed by atoms with E-state index < -0.39 is 5.97 Å². The minimum absolute atomic E-state index is 0.0696. The van der Waals surface area contributed by atoms with Gasteiger partial charge in [0.1, 0.15) is 5.65 Å². The van der Waals surface area contributed by atoms with Crippen molar-refractivity contribution in [3.05, 3.63) is 67.4 Å². The zero-order valence-electron chi connectivity index (χ0n) is 14.7. The fourth-order valence-electron chi connectivity index (χ4n) is 2.75. The van der Waals surface area contributed by atoms with Crippen LogP contribution < -0.4 is 5.56 Å². The Morgan fingerprint density at radius 3 is 2.73 bits per heavy atom. The topological polar surface area (TPSA) is 71.7 Å². The van der Waals surface area contributed by atoms with E-state index in [0.717, 1.165) is 17.7 Å². The molecule has 0 radical (unpaired) electrons. The molecular formula is C20H20N2O3S. The number of carboxylic acids is 1. The van der Waals surface area contributed by atoms with Crippen molar-refractivity contribution in [3.8, 4) is 0 Å². The summed E-state index contributed by atoms with van der Waals surface area (Å²) in [5.74, 6) is -1.06. The van der Waals surface area contributed by atoms with Crippen molar-refractivity contribution in [1.29, 1.82) is 0 Å². The van der Waals surface area contributed by atoms with E-state index in [1.165, 1.54) is 21.5 Å². The monoisotopic (exact) mass is 368 g/mol. The molecule has 26 heavy (non-hydrogen) atoms. The van der Waals surface area contributed by atoms with Gasteiger partial charge in [-0.3, -0.25) is 9.20 Å². The molecule has 0 unspecified atom stereocenters. The second-order valence-electron chi connectivity index (χ2n) is 6.12. The number of rotatable bonds is 6. The van der Waals surface area contributed by atoms with E-state index in [9.17, 15) is 9.59 Å². The Morgan fingerprint density at radius 1 is 1.27 bits per heavy atom. The molecule has 3 aromatic rings. The molecule has 5 nitrogen and oxygen atoms in total. The highest BCUT2D eigenvalue weighted by molar-refractivity contribution is 7.12. The van der Waals surface area contributed by atoms with Crippen LogP contribution >= 0.6 is 11.3 Å². The van der Waals surface area contributed by atoms with Crippen LogP contribution in [0.15, 0.2) is 35.3 Å². The molecular weight excluding hydrogens is 348 g/mol. The molecule has 0 saturated carbocycles. The van der Waals surface area contributed by atoms with E-state index in [1.54, 1.807) is 17.4 Å². The van der Waals surface area contributed by atoms with Crippen molar-refractivity contribution in [1.82, 2.24) is 9.38 Å². The summed E-state index contributed by atoms with van der Waals surface area (Å²) in [5, 5.41) is 9.17. The lowest BCUT2D eigenvalue weighted by Crippen LogP contribution is -2.22. The van der Waals surface area contributed by atoms with Gasteiger partial charge in [-0.15, -0.1) is 11.3 Å². The predicted octanol–water partition coefficient (Wildman–Crippen LogP) is 4.28. The van der Waals surface area contributed by atoms with E-state index in [4.69, 9.17) is 5.11 Å². The first-order chi connectivity index (χ1) is 12.5. The molecule has 0 saturated heterocycles. The van der Waals surface area contributed by atoms with Crippen molar-refractivity contribution in [2.75, 3.05) is 0 Å². The lowest BCUT2D eigenvalue weighted by atomic mass is 10.1. The first-order valence-electron chi connectivity index (χ1n) is 8.52. The number of aryl methyl sites for hydroxylation is 1. The minimum Gasteiger partial charge on any atom is -0.478 e. The number of hydrogen-bond donors (Lipinski definition) is 1. The summed E-state index contributed by atoms with van der Waals surface area (Å²) in [5.41, 5.74) is 1.59. The summed E-state index contributed by atoms with van der Waals surface area (Å²) < 4.78 is 1.33. The summed E-state index contributed by atoms with van der Waals surface area (Å²) in [4.78, 5) is 31.1. The quantitative estimate of drug-likeness (QED) is 0.705. The third kappa shape index (κ3) is 3.75. The van der Waals surface area contributed by atoms with Crippen LogP contribution in [0.4, 0.5) is 0 Å². The van der Waals surface area contributed by atoms with Gasteiger partial charge in [0.15, 0.2) is 0 Å². The summed E-state index contributed by atoms with van der Waals surface area (Å²) in [6.45, 7) is 4.12. The molecule has 0 bridgehead atoms. The second kappa shape index (κ2) is 7.66. The third-order valence-electron chi connectivity index (χ3n) is 4.14. The number of thiophene rings is 1. The summed E-state index contributed by atoms with van der Waals surface area (Å²) in [6.07, 6.45) is 7.65. The number of unbranched alkanes of at least 4 members (excludes halogenated alkanes) is 1. The molecule has 0 aliphatic carbocycles. The first-order valence-corrected chi connectivity index (χ1v) is 9.34. The Bertz CT molecular complexity index is 1050. The Hall–Kier alpha value is -2.73. The number of pyridine rings is 1. The standard InChI is InChI=1S/C20H20N2O3S/c1-3-4-5-16-17(10-9-15-8-6-13(2)26-15)21-18-11-7-14(20(24)25)12-22(18)19(16)23/h6-12H,3-5H2,1-2H3,(H,24,25)/b10-9+. The van der Waals surface area contributed by atoms with E-state index in [0.29, 0.717) is 23.3 Å². The molecule has 134 valence electrons. The molecule has 3 rings (SSSR count). The molecule has 0 aromatic carbocycles. The van der Waals surface area contributed by atoms with Gasteiger partial charge in [0, 0.05) is 21.5 Å². The maximum Gasteiger partial charge on any atom is 0.337 e. The van der Waals surface area contributed by atoms with E-state index in [2.05, 4.69) is 24.9 Å². The lowest BCUT2D eigenvalue weighted by molar-refractivity contribution is 0.0696. The number of fused-ring (bicyclic) bond motifs is 1.